The third kappa shape index (κ3) is 28.4. The zero-order valence-electron chi connectivity index (χ0n) is 19.6. The van der Waals surface area contributed by atoms with Crippen LogP contribution >= 0.6 is 0 Å². The molecule has 0 aromatic heterocycles. The molecule has 2 N–H and O–H groups in total. The molecular weight excluding hydrogens is 368 g/mol. The quantitative estimate of drug-likeness (QED) is 0.208. The van der Waals surface area contributed by atoms with Crippen molar-refractivity contribution < 1.29 is 22.0 Å². The number of hydrogen-bond acceptors (Lipinski definition) is 2. The molecule has 0 aliphatic rings. The Balaban J connectivity index is 0. The minimum Gasteiger partial charge on any atom is -1.00 e. The third-order valence-electron chi connectivity index (χ3n) is 5.44. The predicted molar refractivity (Wildman–Crippen MR) is 121 cm³/mol. The third-order valence-corrected chi connectivity index (χ3v) is 5.44. The molecule has 0 unspecified atom stereocenters. The smallest absolute Gasteiger partial charge is 0.0792 e. The number of aliphatic hydroxyl groups is 1. The summed E-state index contributed by atoms with van der Waals surface area (Å²) < 4.78 is 1.08. The van der Waals surface area contributed by atoms with Crippen molar-refractivity contribution in [2.45, 2.75) is 109 Å². The summed E-state index contributed by atoms with van der Waals surface area (Å²) in [7, 11) is 6.80. The number of nitrogens with zero attached hydrogens (tertiary/aromatic N) is 1. The van der Waals surface area contributed by atoms with E-state index < -0.39 is 0 Å². The van der Waals surface area contributed by atoms with Gasteiger partial charge < -0.3 is 27.3 Å². The van der Waals surface area contributed by atoms with Gasteiger partial charge in [0.15, 0.2) is 0 Å². The molecule has 0 aromatic rings. The number of rotatable bonds is 22. The maximum absolute atomic E-state index is 8.74. The summed E-state index contributed by atoms with van der Waals surface area (Å²) in [6, 6.07) is 0. The number of hydrogen-bond donors (Lipinski definition) is 2. The van der Waals surface area contributed by atoms with E-state index in [1.807, 2.05) is 0 Å². The van der Waals surface area contributed by atoms with Gasteiger partial charge in [-0.3, -0.25) is 0 Å². The summed E-state index contributed by atoms with van der Waals surface area (Å²) in [5.41, 5.74) is 0. The van der Waals surface area contributed by atoms with Gasteiger partial charge in [0.1, 0.15) is 0 Å². The Labute approximate surface area is 184 Å². The van der Waals surface area contributed by atoms with E-state index >= 15 is 0 Å². The average Bonchev–Trinajstić information content (AvgIpc) is 2.62. The zero-order chi connectivity index (χ0) is 20.1. The molecule has 0 rings (SSSR count). The van der Waals surface area contributed by atoms with Crippen molar-refractivity contribution in [2.75, 3.05) is 47.4 Å². The van der Waals surface area contributed by atoms with Crippen LogP contribution in [-0.4, -0.2) is 57.0 Å². The molecule has 4 heteroatoms. The fraction of sp³-hybridized carbons (Fsp3) is 1.00. The van der Waals surface area contributed by atoms with Crippen LogP contribution in [0.5, 0.6) is 0 Å². The number of aliphatic hydroxyl groups excluding tert-OH is 1. The van der Waals surface area contributed by atoms with Crippen molar-refractivity contribution in [3.05, 3.63) is 0 Å². The van der Waals surface area contributed by atoms with Gasteiger partial charge in [-0.2, -0.15) is 0 Å². The Morgan fingerprint density at radius 1 is 0.500 bits per heavy atom. The summed E-state index contributed by atoms with van der Waals surface area (Å²) in [6.07, 6.45) is 23.3. The lowest BCUT2D eigenvalue weighted by Crippen LogP contribution is -3.00. The lowest BCUT2D eigenvalue weighted by molar-refractivity contribution is -0.870. The van der Waals surface area contributed by atoms with E-state index in [-0.39, 0.29) is 12.4 Å². The summed E-state index contributed by atoms with van der Waals surface area (Å²) >= 11 is 0. The van der Waals surface area contributed by atoms with Crippen molar-refractivity contribution in [1.29, 1.82) is 0 Å². The first kappa shape index (κ1) is 30.4. The van der Waals surface area contributed by atoms with Crippen molar-refractivity contribution in [1.82, 2.24) is 5.32 Å². The van der Waals surface area contributed by atoms with Crippen molar-refractivity contribution in [3.8, 4) is 0 Å². The Morgan fingerprint density at radius 2 is 0.821 bits per heavy atom. The molecule has 0 bridgehead atoms. The largest absolute Gasteiger partial charge is 1.00 e. The number of nitrogens with one attached hydrogen (secondary N) is 1. The number of halogens is 1. The van der Waals surface area contributed by atoms with Crippen LogP contribution in [0.3, 0.4) is 0 Å². The second-order valence-corrected chi connectivity index (χ2v) is 9.50. The van der Waals surface area contributed by atoms with Gasteiger partial charge in [0.2, 0.25) is 0 Å². The molecule has 0 amide bonds. The first-order valence-corrected chi connectivity index (χ1v) is 12.2. The minimum absolute atomic E-state index is 0. The molecule has 0 aliphatic heterocycles. The molecule has 28 heavy (non-hydrogen) atoms. The first-order chi connectivity index (χ1) is 13.1. The SMILES string of the molecule is C[N+](C)(C)CCCNCCCCCCCCCCCCCCCCCCO.[Cl-]. The van der Waals surface area contributed by atoms with E-state index in [0.29, 0.717) is 6.61 Å². The van der Waals surface area contributed by atoms with E-state index in [9.17, 15) is 0 Å². The highest BCUT2D eigenvalue weighted by Gasteiger charge is 2.04. The Kier molecular flexibility index (Phi) is 25.4. The number of unbranched alkanes of at least 4 members (excludes halogenated alkanes) is 15. The summed E-state index contributed by atoms with van der Waals surface area (Å²) in [5.74, 6) is 0. The summed E-state index contributed by atoms with van der Waals surface area (Å²) in [6.45, 7) is 4.02. The second-order valence-electron chi connectivity index (χ2n) is 9.50. The Bertz CT molecular complexity index is 282. The highest BCUT2D eigenvalue weighted by atomic mass is 35.5. The van der Waals surface area contributed by atoms with E-state index in [0.717, 1.165) is 10.9 Å². The Morgan fingerprint density at radius 3 is 1.18 bits per heavy atom. The molecule has 0 atom stereocenters. The van der Waals surface area contributed by atoms with Gasteiger partial charge in [-0.15, -0.1) is 0 Å². The van der Waals surface area contributed by atoms with Crippen LogP contribution in [0, 0.1) is 0 Å². The molecule has 0 radical (unpaired) electrons. The molecule has 3 nitrogen and oxygen atoms in total. The summed E-state index contributed by atoms with van der Waals surface area (Å²) in [5, 5.41) is 12.3. The van der Waals surface area contributed by atoms with E-state index in [1.165, 1.54) is 122 Å². The molecule has 0 aliphatic carbocycles. The van der Waals surface area contributed by atoms with Gasteiger partial charge in [-0.1, -0.05) is 89.9 Å². The normalized spacial score (nSPS) is 11.6. The molecular formula is C24H53ClN2O. The molecule has 0 heterocycles. The molecule has 0 saturated heterocycles. The maximum atomic E-state index is 8.74. The Hall–Kier alpha value is 0.170. The van der Waals surface area contributed by atoms with Crippen LogP contribution in [0.2, 0.25) is 0 Å². The zero-order valence-corrected chi connectivity index (χ0v) is 20.4. The lowest BCUT2D eigenvalue weighted by atomic mass is 10.0. The molecule has 0 aromatic carbocycles. The van der Waals surface area contributed by atoms with Crippen molar-refractivity contribution in [2.24, 2.45) is 0 Å². The van der Waals surface area contributed by atoms with Crippen molar-refractivity contribution in [3.63, 3.8) is 0 Å². The van der Waals surface area contributed by atoms with Gasteiger partial charge >= 0.3 is 0 Å². The summed E-state index contributed by atoms with van der Waals surface area (Å²) in [4.78, 5) is 0. The fourth-order valence-corrected chi connectivity index (χ4v) is 3.64. The molecule has 0 fully saturated rings. The van der Waals surface area contributed by atoms with E-state index in [1.54, 1.807) is 0 Å². The van der Waals surface area contributed by atoms with Crippen LogP contribution < -0.4 is 17.7 Å². The average molecular weight is 421 g/mol. The lowest BCUT2D eigenvalue weighted by Gasteiger charge is -2.23. The van der Waals surface area contributed by atoms with Gasteiger partial charge in [0, 0.05) is 19.6 Å². The van der Waals surface area contributed by atoms with E-state index in [4.69, 9.17) is 5.11 Å². The van der Waals surface area contributed by atoms with Gasteiger partial charge in [-0.25, -0.2) is 0 Å². The van der Waals surface area contributed by atoms with Crippen LogP contribution in [0.15, 0.2) is 0 Å². The molecule has 0 saturated carbocycles. The monoisotopic (exact) mass is 420 g/mol. The second kappa shape index (κ2) is 23.4. The van der Waals surface area contributed by atoms with Crippen LogP contribution in [0.1, 0.15) is 109 Å². The first-order valence-electron chi connectivity index (χ1n) is 12.2. The molecule has 0 spiro atoms. The number of quaternary nitrogens is 1. The van der Waals surface area contributed by atoms with Crippen molar-refractivity contribution >= 4 is 0 Å². The van der Waals surface area contributed by atoms with Crippen LogP contribution in [0.4, 0.5) is 0 Å². The minimum atomic E-state index is 0. The maximum Gasteiger partial charge on any atom is 0.0792 e. The predicted octanol–water partition coefficient (Wildman–Crippen LogP) is 2.91. The van der Waals surface area contributed by atoms with Gasteiger partial charge in [0.05, 0.1) is 27.7 Å². The fourth-order valence-electron chi connectivity index (χ4n) is 3.64. The van der Waals surface area contributed by atoms with Gasteiger partial charge in [0.25, 0.3) is 0 Å². The highest BCUT2D eigenvalue weighted by Crippen LogP contribution is 2.13. The van der Waals surface area contributed by atoms with E-state index in [2.05, 4.69) is 26.5 Å². The van der Waals surface area contributed by atoms with Crippen LogP contribution in [-0.2, 0) is 0 Å². The highest BCUT2D eigenvalue weighted by molar-refractivity contribution is 4.52. The standard InChI is InChI=1S/C24H53N2O.ClH/c1-26(2,3)23-20-22-25-21-18-16-14-12-10-8-6-4-5-7-9-11-13-15-17-19-24-27;/h25,27H,4-24H2,1-3H3;1H/q+1;/p-1. The van der Waals surface area contributed by atoms with Crippen LogP contribution in [0.25, 0.3) is 0 Å². The molecule has 172 valence electrons. The topological polar surface area (TPSA) is 32.3 Å². The van der Waals surface area contributed by atoms with Gasteiger partial charge in [-0.05, 0) is 19.4 Å².